The fourth-order valence-corrected chi connectivity index (χ4v) is 1.56. The standard InChI is InChI=1S/C13H11F3N4O2/c1-8-6-11(21)19-12(18-8)20-17-7-9-2-4-10(5-3-9)22-13(14,15)16/h2-7H,1H3,(H2,18,19,20,21)/b17-7-. The van der Waals surface area contributed by atoms with E-state index in [1.165, 1.54) is 36.5 Å². The van der Waals surface area contributed by atoms with Gasteiger partial charge in [-0.2, -0.15) is 5.10 Å². The third kappa shape index (κ3) is 4.93. The Morgan fingerprint density at radius 2 is 2.00 bits per heavy atom. The number of benzene rings is 1. The Kier molecular flexibility index (Phi) is 4.44. The number of hydrogen-bond acceptors (Lipinski definition) is 5. The summed E-state index contributed by atoms with van der Waals surface area (Å²) in [6.45, 7) is 1.66. The van der Waals surface area contributed by atoms with Gasteiger partial charge in [-0.15, -0.1) is 13.2 Å². The summed E-state index contributed by atoms with van der Waals surface area (Å²) in [5, 5.41) is 3.83. The van der Waals surface area contributed by atoms with Gasteiger partial charge in [-0.3, -0.25) is 9.78 Å². The quantitative estimate of drug-likeness (QED) is 0.671. The molecule has 6 nitrogen and oxygen atoms in total. The summed E-state index contributed by atoms with van der Waals surface area (Å²) in [5.41, 5.74) is 3.26. The maximum atomic E-state index is 12.0. The Morgan fingerprint density at radius 3 is 2.59 bits per heavy atom. The Morgan fingerprint density at radius 1 is 1.32 bits per heavy atom. The number of hydrazone groups is 1. The second kappa shape index (κ2) is 6.29. The molecule has 0 aliphatic carbocycles. The number of ether oxygens (including phenoxy) is 1. The molecule has 0 saturated carbocycles. The molecule has 9 heteroatoms. The van der Waals surface area contributed by atoms with Crippen molar-refractivity contribution in [3.05, 3.63) is 51.9 Å². The number of aromatic amines is 1. The predicted octanol–water partition coefficient (Wildman–Crippen LogP) is 2.42. The van der Waals surface area contributed by atoms with Crippen LogP contribution in [-0.2, 0) is 0 Å². The van der Waals surface area contributed by atoms with Gasteiger partial charge in [0.05, 0.1) is 6.21 Å². The van der Waals surface area contributed by atoms with Gasteiger partial charge in [-0.05, 0) is 36.8 Å². The summed E-state index contributed by atoms with van der Waals surface area (Å²) in [6, 6.07) is 6.47. The zero-order valence-electron chi connectivity index (χ0n) is 11.3. The number of nitrogens with zero attached hydrogens (tertiary/aromatic N) is 2. The molecule has 0 amide bonds. The molecule has 2 rings (SSSR count). The first-order valence-corrected chi connectivity index (χ1v) is 6.05. The molecule has 0 radical (unpaired) electrons. The smallest absolute Gasteiger partial charge is 0.406 e. The predicted molar refractivity (Wildman–Crippen MR) is 73.9 cm³/mol. The zero-order valence-corrected chi connectivity index (χ0v) is 11.3. The Labute approximate surface area is 122 Å². The highest BCUT2D eigenvalue weighted by atomic mass is 19.4. The Bertz CT molecular complexity index is 723. The van der Waals surface area contributed by atoms with Crippen molar-refractivity contribution in [2.24, 2.45) is 5.10 Å². The Hall–Kier alpha value is -2.84. The second-order valence-electron chi connectivity index (χ2n) is 4.22. The van der Waals surface area contributed by atoms with Crippen LogP contribution >= 0.6 is 0 Å². The number of alkyl halides is 3. The number of anilines is 1. The number of aromatic nitrogens is 2. The van der Waals surface area contributed by atoms with Gasteiger partial charge in [0.15, 0.2) is 0 Å². The van der Waals surface area contributed by atoms with Crippen molar-refractivity contribution in [2.75, 3.05) is 5.43 Å². The molecule has 1 aromatic carbocycles. The van der Waals surface area contributed by atoms with Gasteiger partial charge < -0.3 is 4.74 Å². The van der Waals surface area contributed by atoms with Crippen LogP contribution in [0.25, 0.3) is 0 Å². The Balaban J connectivity index is 2.00. The highest BCUT2D eigenvalue weighted by Crippen LogP contribution is 2.22. The third-order valence-electron chi connectivity index (χ3n) is 2.37. The van der Waals surface area contributed by atoms with E-state index in [0.717, 1.165) is 0 Å². The van der Waals surface area contributed by atoms with Crippen LogP contribution in [0.1, 0.15) is 11.3 Å². The van der Waals surface area contributed by atoms with Crippen molar-refractivity contribution in [3.63, 3.8) is 0 Å². The number of hydrogen-bond donors (Lipinski definition) is 2. The molecule has 0 atom stereocenters. The molecule has 2 aromatic rings. The zero-order chi connectivity index (χ0) is 16.2. The lowest BCUT2D eigenvalue weighted by molar-refractivity contribution is -0.274. The van der Waals surface area contributed by atoms with Crippen molar-refractivity contribution in [1.29, 1.82) is 0 Å². The fourth-order valence-electron chi connectivity index (χ4n) is 1.56. The van der Waals surface area contributed by atoms with E-state index in [0.29, 0.717) is 11.3 Å². The number of aryl methyl sites for hydroxylation is 1. The summed E-state index contributed by atoms with van der Waals surface area (Å²) in [5.74, 6) is -0.152. The highest BCUT2D eigenvalue weighted by Gasteiger charge is 2.30. The van der Waals surface area contributed by atoms with Gasteiger partial charge in [0.2, 0.25) is 5.95 Å². The van der Waals surface area contributed by atoms with E-state index >= 15 is 0 Å². The van der Waals surface area contributed by atoms with Gasteiger partial charge in [0, 0.05) is 11.8 Å². The van der Waals surface area contributed by atoms with Gasteiger partial charge in [-0.1, -0.05) is 0 Å². The molecule has 2 N–H and O–H groups in total. The molecule has 1 heterocycles. The van der Waals surface area contributed by atoms with Crippen LogP contribution in [0.3, 0.4) is 0 Å². The molecule has 0 aliphatic heterocycles. The molecule has 0 bridgehead atoms. The van der Waals surface area contributed by atoms with Crippen molar-refractivity contribution in [1.82, 2.24) is 9.97 Å². The lowest BCUT2D eigenvalue weighted by atomic mass is 10.2. The number of halogens is 3. The summed E-state index contributed by atoms with van der Waals surface area (Å²) >= 11 is 0. The summed E-state index contributed by atoms with van der Waals surface area (Å²) in [4.78, 5) is 17.6. The van der Waals surface area contributed by atoms with E-state index in [9.17, 15) is 18.0 Å². The summed E-state index contributed by atoms with van der Waals surface area (Å²) in [7, 11) is 0. The lowest BCUT2D eigenvalue weighted by Crippen LogP contribution is -2.17. The van der Waals surface area contributed by atoms with Gasteiger partial charge in [0.25, 0.3) is 5.56 Å². The monoisotopic (exact) mass is 312 g/mol. The molecule has 116 valence electrons. The normalized spacial score (nSPS) is 11.6. The average Bonchev–Trinajstić information content (AvgIpc) is 2.38. The molecule has 0 spiro atoms. The lowest BCUT2D eigenvalue weighted by Gasteiger charge is -2.08. The summed E-state index contributed by atoms with van der Waals surface area (Å²) in [6.07, 6.45) is -3.36. The maximum Gasteiger partial charge on any atom is 0.573 e. The minimum atomic E-state index is -4.72. The second-order valence-corrected chi connectivity index (χ2v) is 4.22. The topological polar surface area (TPSA) is 79.4 Å². The SMILES string of the molecule is Cc1cc(=O)[nH]c(N/N=C\c2ccc(OC(F)(F)F)cc2)n1. The van der Waals surface area contributed by atoms with E-state index < -0.39 is 6.36 Å². The van der Waals surface area contributed by atoms with E-state index in [2.05, 4.69) is 25.2 Å². The average molecular weight is 312 g/mol. The van der Waals surface area contributed by atoms with Crippen LogP contribution in [0.2, 0.25) is 0 Å². The molecule has 0 fully saturated rings. The number of nitrogens with one attached hydrogen (secondary N) is 2. The van der Waals surface area contributed by atoms with Crippen molar-refractivity contribution in [3.8, 4) is 5.75 Å². The molecule has 0 saturated heterocycles. The fraction of sp³-hybridized carbons (Fsp3) is 0.154. The molecule has 22 heavy (non-hydrogen) atoms. The minimum Gasteiger partial charge on any atom is -0.406 e. The van der Waals surface area contributed by atoms with Crippen molar-refractivity contribution in [2.45, 2.75) is 13.3 Å². The first kappa shape index (κ1) is 15.5. The number of rotatable bonds is 4. The van der Waals surface area contributed by atoms with Gasteiger partial charge >= 0.3 is 6.36 Å². The van der Waals surface area contributed by atoms with Crippen molar-refractivity contribution >= 4 is 12.2 Å². The third-order valence-corrected chi connectivity index (χ3v) is 2.37. The molecule has 1 aromatic heterocycles. The molecular formula is C13H11F3N4O2. The maximum absolute atomic E-state index is 12.0. The minimum absolute atomic E-state index is 0.165. The first-order valence-electron chi connectivity index (χ1n) is 6.05. The highest BCUT2D eigenvalue weighted by molar-refractivity contribution is 5.80. The van der Waals surface area contributed by atoms with Crippen LogP contribution in [0, 0.1) is 6.92 Å². The van der Waals surface area contributed by atoms with Gasteiger partial charge in [-0.25, -0.2) is 10.4 Å². The van der Waals surface area contributed by atoms with E-state index in [-0.39, 0.29) is 17.3 Å². The van der Waals surface area contributed by atoms with Gasteiger partial charge in [0.1, 0.15) is 5.75 Å². The van der Waals surface area contributed by atoms with E-state index in [1.54, 1.807) is 6.92 Å². The van der Waals surface area contributed by atoms with Crippen LogP contribution in [-0.4, -0.2) is 22.5 Å². The molecule has 0 aliphatic rings. The summed E-state index contributed by atoms with van der Waals surface area (Å²) < 4.78 is 39.8. The van der Waals surface area contributed by atoms with Crippen LogP contribution in [0.15, 0.2) is 40.2 Å². The van der Waals surface area contributed by atoms with Crippen LogP contribution in [0.5, 0.6) is 5.75 Å². The van der Waals surface area contributed by atoms with E-state index in [4.69, 9.17) is 0 Å². The van der Waals surface area contributed by atoms with Crippen LogP contribution < -0.4 is 15.7 Å². The molecule has 0 unspecified atom stereocenters. The van der Waals surface area contributed by atoms with Crippen molar-refractivity contribution < 1.29 is 17.9 Å². The number of H-pyrrole nitrogens is 1. The van der Waals surface area contributed by atoms with E-state index in [1.807, 2.05) is 0 Å². The van der Waals surface area contributed by atoms with Crippen LogP contribution in [0.4, 0.5) is 19.1 Å². The largest absolute Gasteiger partial charge is 0.573 e. The molecular weight excluding hydrogens is 301 g/mol. The first-order chi connectivity index (χ1) is 10.3.